The number of allylic oxidation sites excluding steroid dienone is 4. The molecule has 0 aromatic heterocycles. The number of rotatable bonds is 1. The number of hydrogen-bond acceptors (Lipinski definition) is 0. The predicted octanol–water partition coefficient (Wildman–Crippen LogP) is -0.180. The molecule has 3 heteroatoms. The maximum Gasteiger partial charge on any atom is 4.00 e. The van der Waals surface area contributed by atoms with Gasteiger partial charge in [0.15, 0.2) is 0 Å². The third kappa shape index (κ3) is 6.05. The van der Waals surface area contributed by atoms with Crippen molar-refractivity contribution in [1.82, 2.24) is 0 Å². The van der Waals surface area contributed by atoms with Crippen molar-refractivity contribution < 1.29 is 69.7 Å². The van der Waals surface area contributed by atoms with Crippen LogP contribution in [0.4, 0.5) is 0 Å². The summed E-state index contributed by atoms with van der Waals surface area (Å²) < 4.78 is 0. The topological polar surface area (TPSA) is 0 Å². The minimum absolute atomic E-state index is 0. The Bertz CT molecular complexity index is 610. The minimum atomic E-state index is 0. The Kier molecular flexibility index (Phi) is 12.2. The van der Waals surface area contributed by atoms with Crippen LogP contribution in [0.2, 0.25) is 0 Å². The number of hydrogen-bond donors (Lipinski definition) is 0. The van der Waals surface area contributed by atoms with Gasteiger partial charge in [0.25, 0.3) is 0 Å². The molecule has 0 nitrogen and oxygen atoms in total. The summed E-state index contributed by atoms with van der Waals surface area (Å²) in [6, 6.07) is 14.7. The van der Waals surface area contributed by atoms with Crippen LogP contribution in [0, 0.1) is 12.0 Å². The smallest absolute Gasteiger partial charge is 1.00 e. The van der Waals surface area contributed by atoms with Gasteiger partial charge in [-0.25, -0.2) is 6.08 Å². The largest absolute Gasteiger partial charge is 4.00 e. The van der Waals surface area contributed by atoms with Gasteiger partial charge >= 0.3 is 21.7 Å². The SMILES string of the molecule is CCC1[C-]=CC2=C1CCCC2.[I-].[I-].[Ti+4].c1ccc2[cH-]ccc2c1. The van der Waals surface area contributed by atoms with Gasteiger partial charge in [0.05, 0.1) is 0 Å². The average molecular weight is 564 g/mol. The number of benzene rings is 1. The third-order valence-corrected chi connectivity index (χ3v) is 4.39. The molecule has 0 aliphatic heterocycles. The van der Waals surface area contributed by atoms with Crippen LogP contribution in [0.3, 0.4) is 0 Å². The van der Waals surface area contributed by atoms with Crippen molar-refractivity contribution in [1.29, 1.82) is 0 Å². The zero-order valence-corrected chi connectivity index (χ0v) is 19.4. The van der Waals surface area contributed by atoms with Crippen molar-refractivity contribution in [2.45, 2.75) is 39.0 Å². The average Bonchev–Trinajstić information content (AvgIpc) is 3.14. The molecule has 2 aliphatic rings. The predicted molar refractivity (Wildman–Crippen MR) is 86.6 cm³/mol. The van der Waals surface area contributed by atoms with Crippen LogP contribution in [0.1, 0.15) is 39.0 Å². The van der Waals surface area contributed by atoms with E-state index in [1.54, 1.807) is 11.1 Å². The maximum atomic E-state index is 3.45. The maximum absolute atomic E-state index is 3.45. The van der Waals surface area contributed by atoms with E-state index < -0.39 is 0 Å². The molecule has 120 valence electrons. The summed E-state index contributed by atoms with van der Waals surface area (Å²) in [5, 5.41) is 2.66. The molecule has 0 N–H and O–H groups in total. The Morgan fingerprint density at radius 2 is 1.83 bits per heavy atom. The molecule has 0 saturated heterocycles. The summed E-state index contributed by atoms with van der Waals surface area (Å²) in [4.78, 5) is 0. The fraction of sp³-hybridized carbons (Fsp3) is 0.350. The fourth-order valence-corrected chi connectivity index (χ4v) is 3.25. The molecule has 2 aromatic rings. The Hall–Kier alpha value is 0.484. The summed E-state index contributed by atoms with van der Waals surface area (Å²) in [6.45, 7) is 2.26. The van der Waals surface area contributed by atoms with Gasteiger partial charge in [-0.3, -0.25) is 6.08 Å². The van der Waals surface area contributed by atoms with Crippen LogP contribution in [-0.4, -0.2) is 0 Å². The Balaban J connectivity index is 0.000000377. The van der Waals surface area contributed by atoms with Crippen LogP contribution in [0.25, 0.3) is 10.8 Å². The van der Waals surface area contributed by atoms with Gasteiger partial charge in [0, 0.05) is 0 Å². The van der Waals surface area contributed by atoms with E-state index in [2.05, 4.69) is 61.5 Å². The Labute approximate surface area is 189 Å². The van der Waals surface area contributed by atoms with Crippen LogP contribution in [-0.2, 0) is 21.7 Å². The molecular formula is C20H22I2Ti. The molecule has 23 heavy (non-hydrogen) atoms. The fourth-order valence-electron chi connectivity index (χ4n) is 3.25. The van der Waals surface area contributed by atoms with Crippen molar-refractivity contribution in [3.63, 3.8) is 0 Å². The summed E-state index contributed by atoms with van der Waals surface area (Å²) in [5.74, 6) is 0.685. The van der Waals surface area contributed by atoms with E-state index in [9.17, 15) is 0 Å². The molecule has 0 spiro atoms. The van der Waals surface area contributed by atoms with Gasteiger partial charge in [-0.1, -0.05) is 44.6 Å². The van der Waals surface area contributed by atoms with Crippen LogP contribution < -0.4 is 48.0 Å². The van der Waals surface area contributed by atoms with Crippen molar-refractivity contribution in [2.24, 2.45) is 5.92 Å². The van der Waals surface area contributed by atoms with Crippen LogP contribution >= 0.6 is 0 Å². The molecule has 0 radical (unpaired) electrons. The first-order valence-electron chi connectivity index (χ1n) is 7.80. The van der Waals surface area contributed by atoms with Gasteiger partial charge in [0.1, 0.15) is 0 Å². The summed E-state index contributed by atoms with van der Waals surface area (Å²) in [6.07, 6.45) is 12.4. The molecular weight excluding hydrogens is 542 g/mol. The first-order valence-corrected chi connectivity index (χ1v) is 7.80. The molecule has 2 aliphatic carbocycles. The van der Waals surface area contributed by atoms with Gasteiger partial charge in [-0.05, 0) is 6.42 Å². The second kappa shape index (κ2) is 11.9. The standard InChI is InChI=1S/C11H15.C9H7.2HI.Ti/c1-2-9-7-8-10-5-3-4-6-11(9)10;1-2-5-9-7-3-6-8(9)4-1;;;/h8-9H,2-6H2,1H3;1-7H;2*1H;/q2*-1;;;+4/p-2. The van der Waals surface area contributed by atoms with Crippen molar-refractivity contribution in [3.05, 3.63) is 65.8 Å². The van der Waals surface area contributed by atoms with E-state index in [0.29, 0.717) is 5.92 Å². The molecule has 0 heterocycles. The quantitative estimate of drug-likeness (QED) is 0.257. The van der Waals surface area contributed by atoms with E-state index in [1.165, 1.54) is 42.9 Å². The molecule has 1 atom stereocenters. The third-order valence-electron chi connectivity index (χ3n) is 4.39. The van der Waals surface area contributed by atoms with E-state index in [4.69, 9.17) is 0 Å². The molecule has 0 amide bonds. The zero-order chi connectivity index (χ0) is 13.8. The van der Waals surface area contributed by atoms with Crippen LogP contribution in [0.5, 0.6) is 0 Å². The molecule has 0 saturated carbocycles. The van der Waals surface area contributed by atoms with Crippen LogP contribution in [0.15, 0.2) is 59.7 Å². The second-order valence-electron chi connectivity index (χ2n) is 5.68. The number of halogens is 2. The van der Waals surface area contributed by atoms with Crippen molar-refractivity contribution >= 4 is 10.8 Å². The monoisotopic (exact) mass is 564 g/mol. The normalized spacial score (nSPS) is 18.0. The van der Waals surface area contributed by atoms with E-state index in [1.807, 2.05) is 0 Å². The Morgan fingerprint density at radius 3 is 2.57 bits per heavy atom. The van der Waals surface area contributed by atoms with Crippen molar-refractivity contribution in [2.75, 3.05) is 0 Å². The first kappa shape index (κ1) is 23.5. The second-order valence-corrected chi connectivity index (χ2v) is 5.68. The first-order chi connectivity index (χ1) is 9.88. The zero-order valence-electron chi connectivity index (χ0n) is 13.5. The summed E-state index contributed by atoms with van der Waals surface area (Å²) in [7, 11) is 0. The summed E-state index contributed by atoms with van der Waals surface area (Å²) in [5.41, 5.74) is 3.32. The summed E-state index contributed by atoms with van der Waals surface area (Å²) >= 11 is 0. The van der Waals surface area contributed by atoms with E-state index in [-0.39, 0.29) is 69.7 Å². The molecule has 2 aromatic carbocycles. The van der Waals surface area contributed by atoms with Gasteiger partial charge in [0.2, 0.25) is 0 Å². The number of fused-ring (bicyclic) bond motifs is 1. The molecule has 0 fully saturated rings. The Morgan fingerprint density at radius 1 is 1.09 bits per heavy atom. The van der Waals surface area contributed by atoms with Crippen molar-refractivity contribution in [3.8, 4) is 0 Å². The molecule has 0 bridgehead atoms. The van der Waals surface area contributed by atoms with Gasteiger partial charge in [-0.15, -0.1) is 29.7 Å². The van der Waals surface area contributed by atoms with E-state index >= 15 is 0 Å². The van der Waals surface area contributed by atoms with Gasteiger partial charge in [-0.2, -0.15) is 28.7 Å². The minimum Gasteiger partial charge on any atom is -1.00 e. The van der Waals surface area contributed by atoms with E-state index in [0.717, 1.165) is 0 Å². The molecule has 4 rings (SSSR count). The molecule has 1 unspecified atom stereocenters. The van der Waals surface area contributed by atoms with Gasteiger partial charge < -0.3 is 48.0 Å².